The van der Waals surface area contributed by atoms with Gasteiger partial charge in [0.15, 0.2) is 0 Å². The first-order valence-electron chi connectivity index (χ1n) is 8.80. The molecule has 4 rings (SSSR count). The van der Waals surface area contributed by atoms with E-state index in [0.717, 1.165) is 37.8 Å². The van der Waals surface area contributed by atoms with Crippen LogP contribution in [0.2, 0.25) is 0 Å². The first kappa shape index (κ1) is 15.2. The number of amides is 1. The van der Waals surface area contributed by atoms with Gasteiger partial charge in [0.05, 0.1) is 12.6 Å². The summed E-state index contributed by atoms with van der Waals surface area (Å²) in [5.41, 5.74) is 0.904. The van der Waals surface area contributed by atoms with E-state index in [1.165, 1.54) is 12.8 Å². The van der Waals surface area contributed by atoms with Crippen LogP contribution in [0, 0.1) is 5.92 Å². The van der Waals surface area contributed by atoms with Crippen LogP contribution in [0.5, 0.6) is 0 Å². The predicted molar refractivity (Wildman–Crippen MR) is 87.7 cm³/mol. The highest BCUT2D eigenvalue weighted by Crippen LogP contribution is 2.30. The van der Waals surface area contributed by atoms with Gasteiger partial charge in [-0.3, -0.25) is 9.78 Å². The number of likely N-dealkylation sites (tertiary alicyclic amines) is 1. The number of carbonyl (C=O) groups is 1. The van der Waals surface area contributed by atoms with Crippen LogP contribution in [0.15, 0.2) is 24.5 Å². The molecule has 24 heavy (non-hydrogen) atoms. The lowest BCUT2D eigenvalue weighted by atomic mass is 10.1. The average Bonchev–Trinajstić information content (AvgIpc) is 3.37. The van der Waals surface area contributed by atoms with Crippen molar-refractivity contribution >= 4 is 5.91 Å². The molecule has 1 saturated carbocycles. The summed E-state index contributed by atoms with van der Waals surface area (Å²) in [6, 6.07) is 3.93. The SMILES string of the molecule is O=C(C1CCCC1)N1CCC[C@@H]1Cn1nnc(-c2ccncc2)n1. The van der Waals surface area contributed by atoms with Crippen LogP contribution in [0.3, 0.4) is 0 Å². The molecule has 7 heteroatoms. The van der Waals surface area contributed by atoms with E-state index in [9.17, 15) is 4.79 Å². The van der Waals surface area contributed by atoms with E-state index in [1.807, 2.05) is 12.1 Å². The van der Waals surface area contributed by atoms with Crippen molar-refractivity contribution in [2.75, 3.05) is 6.54 Å². The molecular weight excluding hydrogens is 304 g/mol. The number of carbonyl (C=O) groups excluding carboxylic acids is 1. The van der Waals surface area contributed by atoms with Gasteiger partial charge in [-0.15, -0.1) is 10.2 Å². The fourth-order valence-electron chi connectivity index (χ4n) is 3.85. The smallest absolute Gasteiger partial charge is 0.225 e. The number of rotatable bonds is 4. The second-order valence-electron chi connectivity index (χ2n) is 6.71. The van der Waals surface area contributed by atoms with Crippen LogP contribution in [0.25, 0.3) is 11.4 Å². The van der Waals surface area contributed by atoms with Crippen LogP contribution < -0.4 is 0 Å². The highest BCUT2D eigenvalue weighted by molar-refractivity contribution is 5.79. The molecule has 1 aliphatic heterocycles. The minimum absolute atomic E-state index is 0.192. The Morgan fingerprint density at radius 3 is 2.71 bits per heavy atom. The maximum Gasteiger partial charge on any atom is 0.225 e. The summed E-state index contributed by atoms with van der Waals surface area (Å²) < 4.78 is 0. The Morgan fingerprint density at radius 2 is 1.92 bits per heavy atom. The van der Waals surface area contributed by atoms with Gasteiger partial charge in [-0.05, 0) is 43.0 Å². The van der Waals surface area contributed by atoms with Crippen LogP contribution >= 0.6 is 0 Å². The molecule has 7 nitrogen and oxygen atoms in total. The number of tetrazole rings is 1. The zero-order valence-electron chi connectivity index (χ0n) is 13.7. The van der Waals surface area contributed by atoms with E-state index in [1.54, 1.807) is 17.2 Å². The molecule has 0 N–H and O–H groups in total. The Labute approximate surface area is 141 Å². The number of aromatic nitrogens is 5. The van der Waals surface area contributed by atoms with Gasteiger partial charge in [-0.25, -0.2) is 0 Å². The molecule has 0 spiro atoms. The Balaban J connectivity index is 1.44. The molecule has 0 bridgehead atoms. The van der Waals surface area contributed by atoms with Crippen molar-refractivity contribution in [2.24, 2.45) is 5.92 Å². The largest absolute Gasteiger partial charge is 0.338 e. The van der Waals surface area contributed by atoms with Gasteiger partial charge < -0.3 is 4.90 Å². The van der Waals surface area contributed by atoms with Gasteiger partial charge in [0, 0.05) is 30.4 Å². The molecule has 3 heterocycles. The summed E-state index contributed by atoms with van der Waals surface area (Å²) in [5.74, 6) is 1.18. The number of pyridine rings is 1. The molecule has 2 aliphatic rings. The maximum atomic E-state index is 12.7. The van der Waals surface area contributed by atoms with E-state index < -0.39 is 0 Å². The van der Waals surface area contributed by atoms with Crippen LogP contribution in [0.4, 0.5) is 0 Å². The summed E-state index contributed by atoms with van der Waals surface area (Å²) in [6.45, 7) is 1.49. The molecule has 2 fully saturated rings. The molecule has 1 saturated heterocycles. The van der Waals surface area contributed by atoms with Gasteiger partial charge in [0.25, 0.3) is 0 Å². The van der Waals surface area contributed by atoms with E-state index >= 15 is 0 Å². The monoisotopic (exact) mass is 326 g/mol. The standard InChI is InChI=1S/C17H22N6O/c24-17(14-4-1-2-5-14)22-11-3-6-15(22)12-23-20-16(19-21-23)13-7-9-18-10-8-13/h7-10,14-15H,1-6,11-12H2/t15-/m1/s1. The summed E-state index contributed by atoms with van der Waals surface area (Å²) in [4.78, 5) is 20.4. The van der Waals surface area contributed by atoms with Gasteiger partial charge in [0.2, 0.25) is 11.7 Å². The average molecular weight is 326 g/mol. The number of hydrogen-bond acceptors (Lipinski definition) is 5. The molecular formula is C17H22N6O. The molecule has 0 unspecified atom stereocenters. The highest BCUT2D eigenvalue weighted by atomic mass is 16.2. The van der Waals surface area contributed by atoms with Crippen LogP contribution in [-0.4, -0.2) is 48.6 Å². The Hall–Kier alpha value is -2.31. The Kier molecular flexibility index (Phi) is 4.23. The second kappa shape index (κ2) is 6.67. The molecule has 2 aromatic heterocycles. The minimum Gasteiger partial charge on any atom is -0.338 e. The third-order valence-electron chi connectivity index (χ3n) is 5.13. The second-order valence-corrected chi connectivity index (χ2v) is 6.71. The Morgan fingerprint density at radius 1 is 1.12 bits per heavy atom. The molecule has 1 aliphatic carbocycles. The first-order valence-corrected chi connectivity index (χ1v) is 8.80. The summed E-state index contributed by atoms with van der Waals surface area (Å²) in [5, 5.41) is 12.8. The molecule has 2 aromatic rings. The van der Waals surface area contributed by atoms with Gasteiger partial charge in [-0.2, -0.15) is 4.80 Å². The van der Waals surface area contributed by atoms with Crippen LogP contribution in [0.1, 0.15) is 38.5 Å². The molecule has 0 radical (unpaired) electrons. The van der Waals surface area contributed by atoms with E-state index in [4.69, 9.17) is 0 Å². The van der Waals surface area contributed by atoms with Crippen molar-refractivity contribution in [1.29, 1.82) is 0 Å². The van der Waals surface area contributed by atoms with E-state index in [0.29, 0.717) is 18.3 Å². The third-order valence-corrected chi connectivity index (χ3v) is 5.13. The topological polar surface area (TPSA) is 76.8 Å². The van der Waals surface area contributed by atoms with Crippen molar-refractivity contribution in [2.45, 2.75) is 51.1 Å². The zero-order chi connectivity index (χ0) is 16.4. The molecule has 1 atom stereocenters. The Bertz CT molecular complexity index is 694. The van der Waals surface area contributed by atoms with Crippen molar-refractivity contribution in [3.05, 3.63) is 24.5 Å². The van der Waals surface area contributed by atoms with Gasteiger partial charge in [0.1, 0.15) is 0 Å². The lowest BCUT2D eigenvalue weighted by Gasteiger charge is -2.26. The lowest BCUT2D eigenvalue weighted by Crippen LogP contribution is -2.41. The normalized spacial score (nSPS) is 21.5. The van der Waals surface area contributed by atoms with E-state index in [-0.39, 0.29) is 12.0 Å². The minimum atomic E-state index is 0.192. The predicted octanol–water partition coefficient (Wildman–Crippen LogP) is 1.92. The third kappa shape index (κ3) is 3.02. The van der Waals surface area contributed by atoms with Gasteiger partial charge >= 0.3 is 0 Å². The molecule has 1 amide bonds. The van der Waals surface area contributed by atoms with Crippen molar-refractivity contribution in [3.63, 3.8) is 0 Å². The maximum absolute atomic E-state index is 12.7. The quantitative estimate of drug-likeness (QED) is 0.858. The van der Waals surface area contributed by atoms with Crippen molar-refractivity contribution in [3.8, 4) is 11.4 Å². The highest BCUT2D eigenvalue weighted by Gasteiger charge is 2.34. The number of nitrogens with zero attached hydrogens (tertiary/aromatic N) is 6. The van der Waals surface area contributed by atoms with Crippen LogP contribution in [-0.2, 0) is 11.3 Å². The summed E-state index contributed by atoms with van der Waals surface area (Å²) in [6.07, 6.45) is 10.00. The first-order chi connectivity index (χ1) is 11.8. The molecule has 0 aromatic carbocycles. The summed E-state index contributed by atoms with van der Waals surface area (Å²) in [7, 11) is 0. The van der Waals surface area contributed by atoms with Crippen molar-refractivity contribution < 1.29 is 4.79 Å². The lowest BCUT2D eigenvalue weighted by molar-refractivity contribution is -0.136. The number of hydrogen-bond donors (Lipinski definition) is 0. The fraction of sp³-hybridized carbons (Fsp3) is 0.588. The van der Waals surface area contributed by atoms with E-state index in [2.05, 4.69) is 25.3 Å². The molecule has 126 valence electrons. The zero-order valence-corrected chi connectivity index (χ0v) is 13.7. The van der Waals surface area contributed by atoms with Crippen molar-refractivity contribution in [1.82, 2.24) is 30.1 Å². The van der Waals surface area contributed by atoms with Gasteiger partial charge in [-0.1, -0.05) is 12.8 Å². The fourth-order valence-corrected chi connectivity index (χ4v) is 3.85. The summed E-state index contributed by atoms with van der Waals surface area (Å²) >= 11 is 0.